The lowest BCUT2D eigenvalue weighted by Crippen LogP contribution is -2.59. The number of nitrogens with two attached hydrogens (primary N) is 1. The second-order valence-corrected chi connectivity index (χ2v) is 16.5. The van der Waals surface area contributed by atoms with E-state index in [0.717, 1.165) is 39.1 Å². The Balaban J connectivity index is 0.000000179. The number of ether oxygens (including phenoxy) is 2. The zero-order valence-corrected chi connectivity index (χ0v) is 35.3. The Morgan fingerprint density at radius 3 is 1.57 bits per heavy atom. The lowest BCUT2D eigenvalue weighted by Gasteiger charge is -2.42. The summed E-state index contributed by atoms with van der Waals surface area (Å²) in [4.78, 5) is 34.6. The second kappa shape index (κ2) is 22.2. The number of rotatable bonds is 10. The molecule has 6 atom stereocenters. The first-order chi connectivity index (χ1) is 29.3. The number of nitrogens with zero attached hydrogens (tertiary/aromatic N) is 8. The van der Waals surface area contributed by atoms with E-state index in [1.54, 1.807) is 36.4 Å². The number of aliphatic hydroxyl groups is 1. The number of carbonyl (C=O) groups excluding carboxylic acids is 2. The third-order valence-electron chi connectivity index (χ3n) is 11.6. The van der Waals surface area contributed by atoms with Crippen molar-refractivity contribution in [3.05, 3.63) is 164 Å². The van der Waals surface area contributed by atoms with Crippen molar-refractivity contribution < 1.29 is 24.2 Å². The number of hydrogen-bond acceptors (Lipinski definition) is 11. The molecule has 3 aliphatic heterocycles. The first kappa shape index (κ1) is 46.3. The van der Waals surface area contributed by atoms with E-state index in [4.69, 9.17) is 26.3 Å². The molecule has 3 saturated heterocycles. The summed E-state index contributed by atoms with van der Waals surface area (Å²) in [6.45, 7) is 11.4. The molecule has 0 saturated carbocycles. The summed E-state index contributed by atoms with van der Waals surface area (Å²) in [5.74, 6) is -0.701. The van der Waals surface area contributed by atoms with Crippen LogP contribution in [0.5, 0.6) is 0 Å². The molecule has 61 heavy (non-hydrogen) atoms. The van der Waals surface area contributed by atoms with Crippen LogP contribution in [-0.2, 0) is 22.6 Å². The van der Waals surface area contributed by atoms with E-state index in [0.29, 0.717) is 43.6 Å². The first-order valence-electron chi connectivity index (χ1n) is 20.7. The quantitative estimate of drug-likeness (QED) is 0.0626. The molecule has 322 valence electrons. The molecule has 3 fully saturated rings. The van der Waals surface area contributed by atoms with Gasteiger partial charge in [-0.15, -0.1) is 0 Å². The maximum absolute atomic E-state index is 12.5. The van der Waals surface area contributed by atoms with Gasteiger partial charge in [-0.05, 0) is 92.3 Å². The Labute approximate surface area is 358 Å². The fourth-order valence-corrected chi connectivity index (χ4v) is 7.43. The minimum absolute atomic E-state index is 0.274. The third kappa shape index (κ3) is 13.6. The van der Waals surface area contributed by atoms with Crippen molar-refractivity contribution in [1.82, 2.24) is 15.1 Å². The maximum Gasteiger partial charge on any atom is 0.338 e. The van der Waals surface area contributed by atoms with Crippen molar-refractivity contribution in [3.8, 4) is 0 Å². The van der Waals surface area contributed by atoms with Crippen LogP contribution in [0.2, 0.25) is 0 Å². The molecule has 4 aromatic rings. The van der Waals surface area contributed by atoms with E-state index < -0.39 is 34.8 Å². The Morgan fingerprint density at radius 1 is 0.689 bits per heavy atom. The van der Waals surface area contributed by atoms with Gasteiger partial charge in [-0.2, -0.15) is 0 Å². The van der Waals surface area contributed by atoms with Gasteiger partial charge in [0, 0.05) is 42.5 Å². The van der Waals surface area contributed by atoms with Crippen molar-refractivity contribution in [2.75, 3.05) is 39.3 Å². The molecular weight excluding hydrogens is 773 g/mol. The number of carbonyl (C=O) groups is 2. The summed E-state index contributed by atoms with van der Waals surface area (Å²) in [7, 11) is 0. The fraction of sp³-hybridized carbons (Fsp3) is 0.435. The molecule has 7 rings (SSSR count). The van der Waals surface area contributed by atoms with Gasteiger partial charge in [-0.25, -0.2) is 9.59 Å². The van der Waals surface area contributed by atoms with Gasteiger partial charge in [0.2, 0.25) is 0 Å². The first-order valence-corrected chi connectivity index (χ1v) is 20.7. The normalized spacial score (nSPS) is 26.3. The molecule has 15 nitrogen and oxygen atoms in total. The van der Waals surface area contributed by atoms with Crippen LogP contribution in [0.4, 0.5) is 0 Å². The number of β-amino-alcohol motifs (C(OH)–C–C–N with tert-alkyl or cyclic N) is 1. The minimum Gasteiger partial charge on any atom is -0.457 e. The van der Waals surface area contributed by atoms with Crippen molar-refractivity contribution in [2.24, 2.45) is 16.0 Å². The summed E-state index contributed by atoms with van der Waals surface area (Å²) in [5.41, 5.74) is 25.3. The molecular formula is C46H58N10O5. The van der Waals surface area contributed by atoms with Gasteiger partial charge in [-0.1, -0.05) is 121 Å². The van der Waals surface area contributed by atoms with Gasteiger partial charge in [0.25, 0.3) is 0 Å². The molecule has 4 N–H and O–H groups in total. The molecule has 4 aromatic carbocycles. The van der Waals surface area contributed by atoms with Crippen molar-refractivity contribution in [2.45, 2.75) is 88.1 Å². The van der Waals surface area contributed by atoms with Crippen molar-refractivity contribution in [3.63, 3.8) is 0 Å². The highest BCUT2D eigenvalue weighted by Gasteiger charge is 2.42. The summed E-state index contributed by atoms with van der Waals surface area (Å²) < 4.78 is 11.2. The van der Waals surface area contributed by atoms with Gasteiger partial charge >= 0.3 is 11.9 Å². The van der Waals surface area contributed by atoms with Gasteiger partial charge in [-0.3, -0.25) is 9.80 Å². The van der Waals surface area contributed by atoms with Crippen LogP contribution >= 0.6 is 0 Å². The number of azide groups is 2. The molecule has 3 heterocycles. The highest BCUT2D eigenvalue weighted by molar-refractivity contribution is 5.90. The third-order valence-corrected chi connectivity index (χ3v) is 11.6. The topological polar surface area (TPSA) is 215 Å². The van der Waals surface area contributed by atoms with E-state index in [1.165, 1.54) is 11.1 Å². The zero-order chi connectivity index (χ0) is 43.7. The summed E-state index contributed by atoms with van der Waals surface area (Å²) in [6.07, 6.45) is 0.750. The number of hydrogen-bond donors (Lipinski definition) is 3. The average molecular weight is 831 g/mol. The van der Waals surface area contributed by atoms with Crippen LogP contribution in [-0.4, -0.2) is 101 Å². The van der Waals surface area contributed by atoms with E-state index >= 15 is 0 Å². The number of aliphatic hydroxyl groups excluding tert-OH is 1. The van der Waals surface area contributed by atoms with Crippen molar-refractivity contribution in [1.29, 1.82) is 0 Å². The smallest absolute Gasteiger partial charge is 0.338 e. The lowest BCUT2D eigenvalue weighted by atomic mass is 9.87. The highest BCUT2D eigenvalue weighted by atomic mass is 16.6. The summed E-state index contributed by atoms with van der Waals surface area (Å²) >= 11 is 0. The Bertz CT molecular complexity index is 2090. The maximum atomic E-state index is 12.5. The molecule has 0 radical (unpaired) electrons. The number of esters is 2. The van der Waals surface area contributed by atoms with E-state index in [2.05, 4.69) is 59.4 Å². The fourth-order valence-electron chi connectivity index (χ4n) is 7.43. The standard InChI is InChI=1S/C20H22N4O2.C13H18N4O.C13H18N2O2/c1-20(22-23-21)12-13-24(14-16-8-4-2-5-9-16)15-18(20)26-19(25)17-10-6-3-7-11-17;1-13(15-16-14)7-8-17(10-12(13)18)9-11-5-3-2-4-6-11;1-13(14)7-8-15-9-11(13)17-12(16)10-5-3-2-4-6-10/h2-11,18H,12-15H2,1H3;2-6,12,18H,7-10H2,1H3;2-6,11,15H,7-9,14H2,1H3/t18-,20+;12-,13-;11-,13+/m010/s1. The molecule has 0 aromatic heterocycles. The molecule has 0 unspecified atom stereocenters. The largest absolute Gasteiger partial charge is 0.457 e. The summed E-state index contributed by atoms with van der Waals surface area (Å²) in [5, 5.41) is 21.0. The second-order valence-electron chi connectivity index (χ2n) is 16.5. The van der Waals surface area contributed by atoms with Crippen LogP contribution in [0.1, 0.15) is 71.9 Å². The Morgan fingerprint density at radius 2 is 1.11 bits per heavy atom. The zero-order valence-electron chi connectivity index (χ0n) is 35.3. The lowest BCUT2D eigenvalue weighted by molar-refractivity contribution is -0.0254. The van der Waals surface area contributed by atoms with Gasteiger partial charge in [0.05, 0.1) is 33.8 Å². The summed E-state index contributed by atoms with van der Waals surface area (Å²) in [6, 6.07) is 38.2. The van der Waals surface area contributed by atoms with Crippen LogP contribution in [0.15, 0.2) is 132 Å². The van der Waals surface area contributed by atoms with Crippen LogP contribution in [0, 0.1) is 0 Å². The monoisotopic (exact) mass is 830 g/mol. The van der Waals surface area contributed by atoms with Gasteiger partial charge in [0.15, 0.2) is 0 Å². The van der Waals surface area contributed by atoms with Crippen molar-refractivity contribution >= 4 is 11.9 Å². The predicted octanol–water partition coefficient (Wildman–Crippen LogP) is 7.43. The van der Waals surface area contributed by atoms with Crippen LogP contribution < -0.4 is 11.1 Å². The average Bonchev–Trinajstić information content (AvgIpc) is 3.26. The highest BCUT2D eigenvalue weighted by Crippen LogP contribution is 2.31. The Hall–Kier alpha value is -5.76. The van der Waals surface area contributed by atoms with Crippen LogP contribution in [0.3, 0.4) is 0 Å². The van der Waals surface area contributed by atoms with E-state index in [-0.39, 0.29) is 12.1 Å². The number of nitrogens with one attached hydrogen (secondary N) is 1. The van der Waals surface area contributed by atoms with Gasteiger partial charge in [0.1, 0.15) is 12.2 Å². The number of benzene rings is 4. The molecule has 0 aliphatic carbocycles. The van der Waals surface area contributed by atoms with E-state index in [9.17, 15) is 14.7 Å². The molecule has 0 bridgehead atoms. The van der Waals surface area contributed by atoms with Crippen LogP contribution in [0.25, 0.3) is 20.9 Å². The molecule has 0 spiro atoms. The van der Waals surface area contributed by atoms with Gasteiger partial charge < -0.3 is 25.6 Å². The minimum atomic E-state index is -0.744. The predicted molar refractivity (Wildman–Crippen MR) is 235 cm³/mol. The molecule has 0 amide bonds. The molecule has 3 aliphatic rings. The molecule has 15 heteroatoms. The SMILES string of the molecule is C[C@@]1(N)CCNC[C@@H]1OC(=O)c1ccccc1.C[C@@]1(N=[N+]=[N-])CCN(Cc2ccccc2)C[C@@H]1OC(=O)c1ccccc1.C[C@@]1(N=[N+]=[N-])CCN(Cc2ccccc2)C[C@H]1O. The Kier molecular flexibility index (Phi) is 16.8. The van der Waals surface area contributed by atoms with E-state index in [1.807, 2.05) is 81.4 Å². The number of piperidine rings is 3. The number of likely N-dealkylation sites (tertiary alicyclic amines) is 2.